The number of hydrogen-bond donors (Lipinski definition) is 1. The van der Waals surface area contributed by atoms with Gasteiger partial charge in [0.05, 0.1) is 18.8 Å². The van der Waals surface area contributed by atoms with Crippen molar-refractivity contribution in [3.63, 3.8) is 0 Å². The summed E-state index contributed by atoms with van der Waals surface area (Å²) in [5.74, 6) is 0.623. The number of rotatable bonds is 3. The van der Waals surface area contributed by atoms with E-state index < -0.39 is 0 Å². The Bertz CT molecular complexity index is 239. The Morgan fingerprint density at radius 3 is 2.75 bits per heavy atom. The van der Waals surface area contributed by atoms with Crippen LogP contribution in [-0.4, -0.2) is 42.8 Å². The van der Waals surface area contributed by atoms with E-state index in [4.69, 9.17) is 4.74 Å². The van der Waals surface area contributed by atoms with E-state index in [2.05, 4.69) is 19.2 Å². The van der Waals surface area contributed by atoms with Gasteiger partial charge in [0.25, 0.3) is 0 Å². The lowest BCUT2D eigenvalue weighted by Crippen LogP contribution is -2.58. The molecular formula is C12H24N2O2. The van der Waals surface area contributed by atoms with Crippen LogP contribution in [0.2, 0.25) is 0 Å². The number of carbonyl (C=O) groups excluding carboxylic acids is 1. The molecule has 0 bridgehead atoms. The van der Waals surface area contributed by atoms with E-state index in [1.54, 1.807) is 0 Å². The number of carbonyl (C=O) groups is 1. The average Bonchev–Trinajstić information content (AvgIpc) is 2.16. The highest BCUT2D eigenvalue weighted by Crippen LogP contribution is 2.18. The number of nitrogens with zero attached hydrogens (tertiary/aromatic N) is 1. The number of nitrogens with one attached hydrogen (secondary N) is 1. The highest BCUT2D eigenvalue weighted by Gasteiger charge is 2.33. The number of urea groups is 1. The average molecular weight is 228 g/mol. The van der Waals surface area contributed by atoms with Gasteiger partial charge in [-0.2, -0.15) is 0 Å². The number of ether oxygens (including phenoxy) is 1. The SMILES string of the molecule is CC(C)CCNC(=O)N1CCOCC1(C)C. The molecule has 0 radical (unpaired) electrons. The zero-order valence-corrected chi connectivity index (χ0v) is 10.9. The van der Waals surface area contributed by atoms with Gasteiger partial charge in [0.1, 0.15) is 0 Å². The minimum absolute atomic E-state index is 0.0361. The van der Waals surface area contributed by atoms with Gasteiger partial charge in [-0.25, -0.2) is 4.79 Å². The first-order valence-electron chi connectivity index (χ1n) is 6.06. The molecule has 1 fully saturated rings. The first-order chi connectivity index (χ1) is 7.43. The highest BCUT2D eigenvalue weighted by atomic mass is 16.5. The van der Waals surface area contributed by atoms with Crippen LogP contribution >= 0.6 is 0 Å². The van der Waals surface area contributed by atoms with Crippen molar-refractivity contribution in [2.75, 3.05) is 26.3 Å². The molecular weight excluding hydrogens is 204 g/mol. The Morgan fingerprint density at radius 1 is 1.50 bits per heavy atom. The molecule has 0 aromatic carbocycles. The summed E-state index contributed by atoms with van der Waals surface area (Å²) < 4.78 is 5.39. The summed E-state index contributed by atoms with van der Waals surface area (Å²) in [6, 6.07) is 0.0361. The molecule has 16 heavy (non-hydrogen) atoms. The van der Waals surface area contributed by atoms with Gasteiger partial charge in [0.2, 0.25) is 0 Å². The molecule has 2 amide bonds. The van der Waals surface area contributed by atoms with Crippen LogP contribution in [0.5, 0.6) is 0 Å². The van der Waals surface area contributed by atoms with E-state index >= 15 is 0 Å². The number of hydrogen-bond acceptors (Lipinski definition) is 2. The third-order valence-corrected chi connectivity index (χ3v) is 2.89. The van der Waals surface area contributed by atoms with E-state index in [0.717, 1.165) is 13.0 Å². The quantitative estimate of drug-likeness (QED) is 0.801. The van der Waals surface area contributed by atoms with E-state index in [1.165, 1.54) is 0 Å². The summed E-state index contributed by atoms with van der Waals surface area (Å²) in [6.07, 6.45) is 1.02. The summed E-state index contributed by atoms with van der Waals surface area (Å²) >= 11 is 0. The second kappa shape index (κ2) is 5.53. The third-order valence-electron chi connectivity index (χ3n) is 2.89. The minimum atomic E-state index is -0.194. The predicted octanol–water partition coefficient (Wildman–Crippen LogP) is 1.85. The fourth-order valence-corrected chi connectivity index (χ4v) is 1.80. The third kappa shape index (κ3) is 3.67. The van der Waals surface area contributed by atoms with Crippen molar-refractivity contribution in [1.29, 1.82) is 0 Å². The van der Waals surface area contributed by atoms with Crippen molar-refractivity contribution < 1.29 is 9.53 Å². The van der Waals surface area contributed by atoms with Gasteiger partial charge >= 0.3 is 6.03 Å². The lowest BCUT2D eigenvalue weighted by molar-refractivity contribution is -0.0278. The van der Waals surface area contributed by atoms with Crippen LogP contribution in [-0.2, 0) is 4.74 Å². The molecule has 1 N–H and O–H groups in total. The molecule has 4 nitrogen and oxygen atoms in total. The van der Waals surface area contributed by atoms with Gasteiger partial charge in [0, 0.05) is 13.1 Å². The molecule has 0 saturated carbocycles. The molecule has 1 heterocycles. The number of amides is 2. The number of morpholine rings is 1. The predicted molar refractivity (Wildman–Crippen MR) is 64.5 cm³/mol. The second-order valence-electron chi connectivity index (χ2n) is 5.43. The van der Waals surface area contributed by atoms with Crippen molar-refractivity contribution in [3.8, 4) is 0 Å². The molecule has 0 aliphatic carbocycles. The van der Waals surface area contributed by atoms with Gasteiger partial charge in [-0.1, -0.05) is 13.8 Å². The maximum absolute atomic E-state index is 12.0. The van der Waals surface area contributed by atoms with Gasteiger partial charge in [0.15, 0.2) is 0 Å². The van der Waals surface area contributed by atoms with Crippen molar-refractivity contribution in [3.05, 3.63) is 0 Å². The first-order valence-corrected chi connectivity index (χ1v) is 6.06. The van der Waals surface area contributed by atoms with Crippen LogP contribution < -0.4 is 5.32 Å². The zero-order valence-electron chi connectivity index (χ0n) is 10.9. The fraction of sp³-hybridized carbons (Fsp3) is 0.917. The van der Waals surface area contributed by atoms with Gasteiger partial charge < -0.3 is 15.0 Å². The topological polar surface area (TPSA) is 41.6 Å². The molecule has 4 heteroatoms. The summed E-state index contributed by atoms with van der Waals surface area (Å²) in [6.45, 7) is 11.1. The molecule has 1 aliphatic heterocycles. The Kier molecular flexibility index (Phi) is 4.59. The van der Waals surface area contributed by atoms with E-state index in [9.17, 15) is 4.79 Å². The summed E-state index contributed by atoms with van der Waals surface area (Å²) in [4.78, 5) is 13.8. The van der Waals surface area contributed by atoms with Crippen molar-refractivity contribution >= 4 is 6.03 Å². The Hall–Kier alpha value is -0.770. The summed E-state index contributed by atoms with van der Waals surface area (Å²) in [5, 5.41) is 2.97. The normalized spacial score (nSPS) is 19.9. The lowest BCUT2D eigenvalue weighted by Gasteiger charge is -2.41. The van der Waals surface area contributed by atoms with E-state index in [0.29, 0.717) is 25.7 Å². The Balaban J connectivity index is 2.40. The summed E-state index contributed by atoms with van der Waals surface area (Å²) in [7, 11) is 0. The van der Waals surface area contributed by atoms with Crippen LogP contribution in [0.3, 0.4) is 0 Å². The Labute approximate surface area is 98.3 Å². The fourth-order valence-electron chi connectivity index (χ4n) is 1.80. The van der Waals surface area contributed by atoms with Gasteiger partial charge in [-0.15, -0.1) is 0 Å². The smallest absolute Gasteiger partial charge is 0.318 e. The van der Waals surface area contributed by atoms with Crippen molar-refractivity contribution in [1.82, 2.24) is 10.2 Å². The van der Waals surface area contributed by atoms with Crippen LogP contribution in [0.4, 0.5) is 4.79 Å². The Morgan fingerprint density at radius 2 is 2.19 bits per heavy atom. The molecule has 0 aromatic rings. The standard InChI is InChI=1S/C12H24N2O2/c1-10(2)5-6-13-11(15)14-7-8-16-9-12(14,3)4/h10H,5-9H2,1-4H3,(H,13,15). The van der Waals surface area contributed by atoms with Crippen LogP contribution in [0, 0.1) is 5.92 Å². The zero-order chi connectivity index (χ0) is 12.2. The molecule has 1 rings (SSSR count). The molecule has 0 unspecified atom stereocenters. The van der Waals surface area contributed by atoms with Crippen LogP contribution in [0.15, 0.2) is 0 Å². The molecule has 1 saturated heterocycles. The van der Waals surface area contributed by atoms with E-state index in [1.807, 2.05) is 18.7 Å². The van der Waals surface area contributed by atoms with Crippen molar-refractivity contribution in [2.24, 2.45) is 5.92 Å². The van der Waals surface area contributed by atoms with Gasteiger partial charge in [-0.05, 0) is 26.2 Å². The minimum Gasteiger partial charge on any atom is -0.377 e. The van der Waals surface area contributed by atoms with Crippen LogP contribution in [0.1, 0.15) is 34.1 Å². The monoisotopic (exact) mass is 228 g/mol. The lowest BCUT2D eigenvalue weighted by atomic mass is 10.0. The maximum Gasteiger partial charge on any atom is 0.318 e. The largest absolute Gasteiger partial charge is 0.377 e. The second-order valence-corrected chi connectivity index (χ2v) is 5.43. The first kappa shape index (κ1) is 13.3. The van der Waals surface area contributed by atoms with Crippen LogP contribution in [0.25, 0.3) is 0 Å². The maximum atomic E-state index is 12.0. The molecule has 0 spiro atoms. The van der Waals surface area contributed by atoms with Gasteiger partial charge in [-0.3, -0.25) is 0 Å². The summed E-state index contributed by atoms with van der Waals surface area (Å²) in [5.41, 5.74) is -0.194. The molecule has 1 aliphatic rings. The van der Waals surface area contributed by atoms with Crippen molar-refractivity contribution in [2.45, 2.75) is 39.7 Å². The highest BCUT2D eigenvalue weighted by molar-refractivity contribution is 5.75. The molecule has 0 atom stereocenters. The molecule has 0 aromatic heterocycles. The molecule has 94 valence electrons. The van der Waals surface area contributed by atoms with E-state index in [-0.39, 0.29) is 11.6 Å².